The summed E-state index contributed by atoms with van der Waals surface area (Å²) in [4.78, 5) is 4.87. The summed E-state index contributed by atoms with van der Waals surface area (Å²) >= 11 is 0. The molecule has 2 N–H and O–H groups in total. The zero-order chi connectivity index (χ0) is 18.2. The van der Waals surface area contributed by atoms with Gasteiger partial charge in [0.25, 0.3) is 0 Å². The molecule has 0 spiro atoms. The van der Waals surface area contributed by atoms with Crippen molar-refractivity contribution in [3.05, 3.63) is 53.6 Å². The molecule has 2 heterocycles. The van der Waals surface area contributed by atoms with Crippen molar-refractivity contribution in [2.75, 3.05) is 5.73 Å². The van der Waals surface area contributed by atoms with Gasteiger partial charge in [0.05, 0.1) is 12.2 Å². The molecule has 0 amide bonds. The number of hydrogen-bond acceptors (Lipinski definition) is 3. The van der Waals surface area contributed by atoms with Crippen LogP contribution in [0, 0.1) is 0 Å². The summed E-state index contributed by atoms with van der Waals surface area (Å²) in [6, 6.07) is 10.4. The van der Waals surface area contributed by atoms with Crippen molar-refractivity contribution in [2.24, 2.45) is 7.05 Å². The van der Waals surface area contributed by atoms with Crippen LogP contribution >= 0.6 is 0 Å². The van der Waals surface area contributed by atoms with Gasteiger partial charge in [-0.15, -0.1) is 0 Å². The molecule has 3 rings (SSSR count). The molecule has 0 bridgehead atoms. The molecule has 0 saturated carbocycles. The lowest BCUT2D eigenvalue weighted by atomic mass is 9.89. The highest BCUT2D eigenvalue weighted by Gasteiger charge is 2.26. The zero-order valence-electron chi connectivity index (χ0n) is 15.7. The Kier molecular flexibility index (Phi) is 4.41. The van der Waals surface area contributed by atoms with Gasteiger partial charge in [0.15, 0.2) is 0 Å². The summed E-state index contributed by atoms with van der Waals surface area (Å²) in [7, 11) is 1.94. The molecule has 0 saturated heterocycles. The summed E-state index contributed by atoms with van der Waals surface area (Å²) < 4.78 is 3.96. The van der Waals surface area contributed by atoms with E-state index in [0.717, 1.165) is 35.7 Å². The quantitative estimate of drug-likeness (QED) is 0.788. The first-order valence-corrected chi connectivity index (χ1v) is 8.74. The Morgan fingerprint density at radius 2 is 1.80 bits per heavy atom. The SMILES string of the molecule is CCc1nc(-c2cn(C)nc2C(C)(C)C)c(N)n1Cc1ccccc1. The van der Waals surface area contributed by atoms with Crippen LogP contribution in [-0.4, -0.2) is 19.3 Å². The maximum Gasteiger partial charge on any atom is 0.132 e. The third-order valence-corrected chi connectivity index (χ3v) is 4.38. The highest BCUT2D eigenvalue weighted by atomic mass is 15.3. The van der Waals surface area contributed by atoms with Crippen LogP contribution < -0.4 is 5.73 Å². The van der Waals surface area contributed by atoms with Gasteiger partial charge in [-0.05, 0) is 5.56 Å². The lowest BCUT2D eigenvalue weighted by molar-refractivity contribution is 0.554. The minimum absolute atomic E-state index is 0.0708. The first-order chi connectivity index (χ1) is 11.8. The van der Waals surface area contributed by atoms with Crippen LogP contribution in [0.2, 0.25) is 0 Å². The van der Waals surface area contributed by atoms with Gasteiger partial charge in [0.1, 0.15) is 17.3 Å². The van der Waals surface area contributed by atoms with Crippen LogP contribution in [0.3, 0.4) is 0 Å². The second kappa shape index (κ2) is 6.39. The van der Waals surface area contributed by atoms with Gasteiger partial charge < -0.3 is 10.3 Å². The van der Waals surface area contributed by atoms with Gasteiger partial charge in [0, 0.05) is 30.6 Å². The van der Waals surface area contributed by atoms with Crippen molar-refractivity contribution >= 4 is 5.82 Å². The Labute approximate surface area is 149 Å². The molecular formula is C20H27N5. The molecule has 0 fully saturated rings. The fourth-order valence-corrected chi connectivity index (χ4v) is 3.14. The van der Waals surface area contributed by atoms with Crippen LogP contribution in [0.4, 0.5) is 5.82 Å². The molecule has 25 heavy (non-hydrogen) atoms. The monoisotopic (exact) mass is 337 g/mol. The van der Waals surface area contributed by atoms with Gasteiger partial charge in [-0.2, -0.15) is 5.10 Å². The van der Waals surface area contributed by atoms with E-state index in [-0.39, 0.29) is 5.41 Å². The summed E-state index contributed by atoms with van der Waals surface area (Å²) in [6.07, 6.45) is 2.85. The smallest absolute Gasteiger partial charge is 0.132 e. The highest BCUT2D eigenvalue weighted by Crippen LogP contribution is 2.35. The third kappa shape index (κ3) is 3.31. The van der Waals surface area contributed by atoms with Crippen molar-refractivity contribution in [3.8, 4) is 11.3 Å². The molecule has 1 aromatic carbocycles. The van der Waals surface area contributed by atoms with E-state index in [2.05, 4.69) is 49.5 Å². The van der Waals surface area contributed by atoms with Crippen LogP contribution in [0.15, 0.2) is 36.5 Å². The number of imidazole rings is 1. The van der Waals surface area contributed by atoms with Crippen LogP contribution in [-0.2, 0) is 25.4 Å². The largest absolute Gasteiger partial charge is 0.383 e. The van der Waals surface area contributed by atoms with Crippen molar-refractivity contribution < 1.29 is 0 Å². The van der Waals surface area contributed by atoms with E-state index >= 15 is 0 Å². The number of aromatic nitrogens is 4. The number of anilines is 1. The molecule has 3 aromatic rings. The fourth-order valence-electron chi connectivity index (χ4n) is 3.14. The predicted octanol–water partition coefficient (Wildman–Crippen LogP) is 3.77. The molecule has 0 aliphatic heterocycles. The molecule has 0 aliphatic carbocycles. The number of nitrogen functional groups attached to an aromatic ring is 1. The molecule has 0 atom stereocenters. The Bertz CT molecular complexity index is 866. The summed E-state index contributed by atoms with van der Waals surface area (Å²) in [5.74, 6) is 1.71. The fraction of sp³-hybridized carbons (Fsp3) is 0.400. The van der Waals surface area contributed by atoms with Gasteiger partial charge in [-0.25, -0.2) is 4.98 Å². The van der Waals surface area contributed by atoms with Crippen molar-refractivity contribution in [3.63, 3.8) is 0 Å². The number of nitrogens with zero attached hydrogens (tertiary/aromatic N) is 4. The Hall–Kier alpha value is -2.56. The van der Waals surface area contributed by atoms with Crippen LogP contribution in [0.5, 0.6) is 0 Å². The average Bonchev–Trinajstić information content (AvgIpc) is 3.09. The summed E-state index contributed by atoms with van der Waals surface area (Å²) in [6.45, 7) is 9.33. The van der Waals surface area contributed by atoms with E-state index in [1.54, 1.807) is 0 Å². The summed E-state index contributed by atoms with van der Waals surface area (Å²) in [5.41, 5.74) is 10.6. The molecule has 2 aromatic heterocycles. The minimum Gasteiger partial charge on any atom is -0.383 e. The van der Waals surface area contributed by atoms with Crippen LogP contribution in [0.25, 0.3) is 11.3 Å². The Morgan fingerprint density at radius 1 is 1.12 bits per heavy atom. The third-order valence-electron chi connectivity index (χ3n) is 4.38. The zero-order valence-corrected chi connectivity index (χ0v) is 15.7. The van der Waals surface area contributed by atoms with E-state index in [4.69, 9.17) is 10.7 Å². The maximum absolute atomic E-state index is 6.54. The molecule has 0 aliphatic rings. The van der Waals surface area contributed by atoms with E-state index in [1.165, 1.54) is 5.56 Å². The van der Waals surface area contributed by atoms with E-state index in [9.17, 15) is 0 Å². The standard InChI is InChI=1S/C20H27N5/c1-6-16-22-17(15-13-24(5)23-18(15)20(2,3)4)19(21)25(16)12-14-10-8-7-9-11-14/h7-11,13H,6,12,21H2,1-5H3. The molecule has 5 nitrogen and oxygen atoms in total. The van der Waals surface area contributed by atoms with Gasteiger partial charge in [0.2, 0.25) is 0 Å². The Morgan fingerprint density at radius 3 is 2.40 bits per heavy atom. The highest BCUT2D eigenvalue weighted by molar-refractivity contribution is 5.73. The molecule has 0 radical (unpaired) electrons. The van der Waals surface area contributed by atoms with E-state index in [1.807, 2.05) is 36.1 Å². The topological polar surface area (TPSA) is 61.7 Å². The molecule has 5 heteroatoms. The first kappa shape index (κ1) is 17.3. The van der Waals surface area contributed by atoms with Gasteiger partial charge in [-0.1, -0.05) is 58.0 Å². The molecular weight excluding hydrogens is 310 g/mol. The van der Waals surface area contributed by atoms with E-state index in [0.29, 0.717) is 5.82 Å². The second-order valence-electron chi connectivity index (χ2n) is 7.50. The Balaban J connectivity index is 2.11. The van der Waals surface area contributed by atoms with Crippen molar-refractivity contribution in [2.45, 2.75) is 46.1 Å². The maximum atomic E-state index is 6.54. The number of rotatable bonds is 4. The summed E-state index contributed by atoms with van der Waals surface area (Å²) in [5, 5.41) is 4.66. The normalized spacial score (nSPS) is 11.9. The number of benzene rings is 1. The number of nitrogens with two attached hydrogens (primary N) is 1. The molecule has 0 unspecified atom stereocenters. The van der Waals surface area contributed by atoms with E-state index < -0.39 is 0 Å². The number of aryl methyl sites for hydroxylation is 2. The van der Waals surface area contributed by atoms with Gasteiger partial charge >= 0.3 is 0 Å². The van der Waals surface area contributed by atoms with Crippen molar-refractivity contribution in [1.29, 1.82) is 0 Å². The van der Waals surface area contributed by atoms with Crippen molar-refractivity contribution in [1.82, 2.24) is 19.3 Å². The molecule has 132 valence electrons. The second-order valence-corrected chi connectivity index (χ2v) is 7.50. The number of hydrogen-bond donors (Lipinski definition) is 1. The predicted molar refractivity (Wildman–Crippen MR) is 102 cm³/mol. The van der Waals surface area contributed by atoms with Crippen LogP contribution in [0.1, 0.15) is 44.8 Å². The average molecular weight is 337 g/mol. The van der Waals surface area contributed by atoms with Gasteiger partial charge in [-0.3, -0.25) is 4.68 Å². The first-order valence-electron chi connectivity index (χ1n) is 8.74. The minimum atomic E-state index is -0.0708. The lowest BCUT2D eigenvalue weighted by Gasteiger charge is -2.17. The lowest BCUT2D eigenvalue weighted by Crippen LogP contribution is -2.14.